The van der Waals surface area contributed by atoms with E-state index in [1.165, 1.54) is 11.1 Å². The van der Waals surface area contributed by atoms with E-state index in [0.29, 0.717) is 19.8 Å². The summed E-state index contributed by atoms with van der Waals surface area (Å²) in [4.78, 5) is 12.3. The lowest BCUT2D eigenvalue weighted by molar-refractivity contribution is -0.125. The van der Waals surface area contributed by atoms with Gasteiger partial charge in [-0.2, -0.15) is 0 Å². The monoisotopic (exact) mass is 324 g/mol. The molecule has 126 valence electrons. The van der Waals surface area contributed by atoms with E-state index in [1.54, 1.807) is 0 Å². The summed E-state index contributed by atoms with van der Waals surface area (Å²) in [5.74, 6) is 0.269. The summed E-state index contributed by atoms with van der Waals surface area (Å²) in [5.41, 5.74) is 2.52. The molecule has 2 N–H and O–H groups in total. The van der Waals surface area contributed by atoms with Gasteiger partial charge in [-0.3, -0.25) is 4.79 Å². The van der Waals surface area contributed by atoms with Crippen LogP contribution >= 0.6 is 0 Å². The van der Waals surface area contributed by atoms with Crippen molar-refractivity contribution in [1.29, 1.82) is 0 Å². The summed E-state index contributed by atoms with van der Waals surface area (Å²) in [6.07, 6.45) is 0.903. The zero-order valence-electron chi connectivity index (χ0n) is 13.8. The number of hydrogen-bond acceptors (Lipinski definition) is 3. The minimum absolute atomic E-state index is 0.0173. The van der Waals surface area contributed by atoms with Crippen molar-refractivity contribution in [3.8, 4) is 0 Å². The van der Waals surface area contributed by atoms with Gasteiger partial charge in [-0.1, -0.05) is 60.7 Å². The molecule has 1 heterocycles. The van der Waals surface area contributed by atoms with Gasteiger partial charge in [0.05, 0.1) is 13.2 Å². The number of benzene rings is 2. The molecule has 1 fully saturated rings. The number of rotatable bonds is 6. The maximum Gasteiger partial charge on any atom is 0.239 e. The maximum atomic E-state index is 12.3. The second-order valence-electron chi connectivity index (χ2n) is 6.12. The summed E-state index contributed by atoms with van der Waals surface area (Å²) in [6.45, 7) is 2.46. The minimum atomic E-state index is -0.244. The van der Waals surface area contributed by atoms with Crippen LogP contribution in [0.3, 0.4) is 0 Å². The fourth-order valence-electron chi connectivity index (χ4n) is 3.01. The lowest BCUT2D eigenvalue weighted by Gasteiger charge is -2.24. The number of ether oxygens (including phenoxy) is 1. The van der Waals surface area contributed by atoms with E-state index in [0.717, 1.165) is 13.0 Å². The van der Waals surface area contributed by atoms with Crippen molar-refractivity contribution in [3.63, 3.8) is 0 Å². The molecule has 2 atom stereocenters. The molecule has 0 unspecified atom stereocenters. The maximum absolute atomic E-state index is 12.3. The smallest absolute Gasteiger partial charge is 0.239 e. The Bertz CT molecular complexity index is 625. The number of morpholine rings is 1. The topological polar surface area (TPSA) is 50.4 Å². The van der Waals surface area contributed by atoms with Gasteiger partial charge in [0.2, 0.25) is 5.91 Å². The van der Waals surface area contributed by atoms with Crippen LogP contribution in [-0.2, 0) is 16.0 Å². The molecule has 0 spiro atoms. The Balaban J connectivity index is 1.64. The molecule has 1 aliphatic heterocycles. The number of nitrogens with one attached hydrogen (secondary N) is 2. The second-order valence-corrected chi connectivity index (χ2v) is 6.12. The van der Waals surface area contributed by atoms with Crippen LogP contribution in [0.4, 0.5) is 0 Å². The molecule has 0 aromatic heterocycles. The number of amides is 1. The molecular formula is C20H24N2O2. The summed E-state index contributed by atoms with van der Waals surface area (Å²) >= 11 is 0. The molecule has 2 aromatic carbocycles. The van der Waals surface area contributed by atoms with Crippen LogP contribution in [0.2, 0.25) is 0 Å². The summed E-state index contributed by atoms with van der Waals surface area (Å²) in [5, 5.41) is 6.28. The average molecular weight is 324 g/mol. The van der Waals surface area contributed by atoms with Gasteiger partial charge in [-0.05, 0) is 17.5 Å². The van der Waals surface area contributed by atoms with E-state index in [1.807, 2.05) is 24.3 Å². The van der Waals surface area contributed by atoms with Gasteiger partial charge in [-0.25, -0.2) is 0 Å². The molecule has 4 nitrogen and oxygen atoms in total. The lowest BCUT2D eigenvalue weighted by Crippen LogP contribution is -2.51. The van der Waals surface area contributed by atoms with Crippen molar-refractivity contribution in [3.05, 3.63) is 71.8 Å². The van der Waals surface area contributed by atoms with Crippen LogP contribution in [0.5, 0.6) is 0 Å². The van der Waals surface area contributed by atoms with Crippen molar-refractivity contribution < 1.29 is 9.53 Å². The number of hydrogen-bond donors (Lipinski definition) is 2. The van der Waals surface area contributed by atoms with Crippen LogP contribution in [0.15, 0.2) is 60.7 Å². The third kappa shape index (κ3) is 4.66. The van der Waals surface area contributed by atoms with Gasteiger partial charge in [0.15, 0.2) is 0 Å². The predicted molar refractivity (Wildman–Crippen MR) is 94.9 cm³/mol. The van der Waals surface area contributed by atoms with Gasteiger partial charge >= 0.3 is 0 Å². The first kappa shape index (κ1) is 16.7. The summed E-state index contributed by atoms with van der Waals surface area (Å²) < 4.78 is 5.37. The first-order valence-corrected chi connectivity index (χ1v) is 8.50. The van der Waals surface area contributed by atoms with Crippen LogP contribution in [0.25, 0.3) is 0 Å². The Morgan fingerprint density at radius 2 is 1.83 bits per heavy atom. The van der Waals surface area contributed by atoms with E-state index in [9.17, 15) is 4.79 Å². The summed E-state index contributed by atoms with van der Waals surface area (Å²) in [7, 11) is 0. The molecule has 2 aromatic rings. The molecule has 1 amide bonds. The highest BCUT2D eigenvalue weighted by molar-refractivity contribution is 5.82. The van der Waals surface area contributed by atoms with E-state index in [2.05, 4.69) is 47.0 Å². The van der Waals surface area contributed by atoms with Crippen molar-refractivity contribution in [2.75, 3.05) is 26.3 Å². The van der Waals surface area contributed by atoms with Crippen molar-refractivity contribution in [1.82, 2.24) is 10.6 Å². The predicted octanol–water partition coefficient (Wildman–Crippen LogP) is 2.12. The Morgan fingerprint density at radius 1 is 1.12 bits per heavy atom. The molecule has 4 heteroatoms. The minimum Gasteiger partial charge on any atom is -0.378 e. The normalized spacial score (nSPS) is 18.8. The van der Waals surface area contributed by atoms with Crippen LogP contribution in [-0.4, -0.2) is 38.3 Å². The molecule has 0 radical (unpaired) electrons. The van der Waals surface area contributed by atoms with Gasteiger partial charge in [0.1, 0.15) is 6.04 Å². The number of carbonyl (C=O) groups is 1. The lowest BCUT2D eigenvalue weighted by atomic mass is 9.92. The standard InChI is InChI=1S/C20H24N2O2/c23-20(19-15-24-12-11-21-19)22-14-18(17-9-5-2-6-10-17)13-16-7-3-1-4-8-16/h1-10,18-19,21H,11-15H2,(H,22,23)/t18-,19+/m1/s1. The Morgan fingerprint density at radius 3 is 2.50 bits per heavy atom. The molecule has 0 aliphatic carbocycles. The highest BCUT2D eigenvalue weighted by atomic mass is 16.5. The van der Waals surface area contributed by atoms with E-state index in [-0.39, 0.29) is 17.9 Å². The molecule has 24 heavy (non-hydrogen) atoms. The highest BCUT2D eigenvalue weighted by Crippen LogP contribution is 2.20. The average Bonchev–Trinajstić information content (AvgIpc) is 2.67. The largest absolute Gasteiger partial charge is 0.378 e. The molecule has 0 bridgehead atoms. The quantitative estimate of drug-likeness (QED) is 0.856. The van der Waals surface area contributed by atoms with Crippen molar-refractivity contribution in [2.24, 2.45) is 0 Å². The first-order chi connectivity index (χ1) is 11.8. The van der Waals surface area contributed by atoms with Gasteiger partial charge in [0.25, 0.3) is 0 Å². The molecular weight excluding hydrogens is 300 g/mol. The van der Waals surface area contributed by atoms with E-state index < -0.39 is 0 Å². The molecule has 1 aliphatic rings. The Kier molecular flexibility index (Phi) is 5.99. The molecule has 1 saturated heterocycles. The van der Waals surface area contributed by atoms with Crippen molar-refractivity contribution >= 4 is 5.91 Å². The van der Waals surface area contributed by atoms with Crippen LogP contribution in [0.1, 0.15) is 17.0 Å². The van der Waals surface area contributed by atoms with Gasteiger partial charge in [-0.15, -0.1) is 0 Å². The molecule has 0 saturated carbocycles. The third-order valence-corrected chi connectivity index (χ3v) is 4.36. The SMILES string of the molecule is O=C(NC[C@@H](Cc1ccccc1)c1ccccc1)[C@@H]1COCCN1. The van der Waals surface area contributed by atoms with Crippen LogP contribution < -0.4 is 10.6 Å². The van der Waals surface area contributed by atoms with Gasteiger partial charge in [0, 0.05) is 19.0 Å². The van der Waals surface area contributed by atoms with Crippen molar-refractivity contribution in [2.45, 2.75) is 18.4 Å². The van der Waals surface area contributed by atoms with Crippen LogP contribution in [0, 0.1) is 0 Å². The molecule has 3 rings (SSSR count). The number of carbonyl (C=O) groups excluding carboxylic acids is 1. The Labute approximate surface area is 143 Å². The van der Waals surface area contributed by atoms with E-state index >= 15 is 0 Å². The fourth-order valence-corrected chi connectivity index (χ4v) is 3.01. The fraction of sp³-hybridized carbons (Fsp3) is 0.350. The summed E-state index contributed by atoms with van der Waals surface area (Å²) in [6, 6.07) is 20.5. The Hall–Kier alpha value is -2.17. The zero-order valence-corrected chi connectivity index (χ0v) is 13.8. The highest BCUT2D eigenvalue weighted by Gasteiger charge is 2.22. The zero-order chi connectivity index (χ0) is 16.6. The second kappa shape index (κ2) is 8.62. The van der Waals surface area contributed by atoms with Gasteiger partial charge < -0.3 is 15.4 Å². The third-order valence-electron chi connectivity index (χ3n) is 4.36. The first-order valence-electron chi connectivity index (χ1n) is 8.50. The van der Waals surface area contributed by atoms with E-state index in [4.69, 9.17) is 4.74 Å².